The van der Waals surface area contributed by atoms with Crippen LogP contribution in [0.5, 0.6) is 0 Å². The van der Waals surface area contributed by atoms with E-state index >= 15 is 0 Å². The summed E-state index contributed by atoms with van der Waals surface area (Å²) in [6.07, 6.45) is 14.3. The zero-order valence-electron chi connectivity index (χ0n) is 17.0. The molecule has 1 rings (SSSR count). The fourth-order valence-electron chi connectivity index (χ4n) is 1.89. The highest BCUT2D eigenvalue weighted by Crippen LogP contribution is 2.26. The molecule has 1 fully saturated rings. The largest absolute Gasteiger partial charge is 0.394 e. The third kappa shape index (κ3) is 23.5. The van der Waals surface area contributed by atoms with Crippen LogP contribution >= 0.6 is 0 Å². The SMILES string of the molecule is CC(C)(C)OO.CCCCC/C=C\CO.CCCCCC1O[C@@H]1CO. The van der Waals surface area contributed by atoms with Crippen molar-refractivity contribution in [3.63, 3.8) is 0 Å². The summed E-state index contributed by atoms with van der Waals surface area (Å²) in [5.74, 6) is 0. The Labute approximate surface area is 155 Å². The maximum Gasteiger partial charge on any atom is 0.107 e. The minimum Gasteiger partial charge on any atom is -0.394 e. The molecule has 5 nitrogen and oxygen atoms in total. The molecule has 3 N–H and O–H groups in total. The average molecular weight is 363 g/mol. The van der Waals surface area contributed by atoms with E-state index in [1.165, 1.54) is 38.5 Å². The first-order valence-corrected chi connectivity index (χ1v) is 9.70. The van der Waals surface area contributed by atoms with Gasteiger partial charge in [-0.3, -0.25) is 5.26 Å². The molecule has 0 bridgehead atoms. The van der Waals surface area contributed by atoms with Crippen LogP contribution in [0, 0.1) is 0 Å². The van der Waals surface area contributed by atoms with Gasteiger partial charge in [0.05, 0.1) is 24.9 Å². The summed E-state index contributed by atoms with van der Waals surface area (Å²) in [4.78, 5) is 3.94. The second kappa shape index (κ2) is 18.3. The predicted molar refractivity (Wildman–Crippen MR) is 104 cm³/mol. The van der Waals surface area contributed by atoms with Gasteiger partial charge in [0.15, 0.2) is 0 Å². The van der Waals surface area contributed by atoms with Crippen LogP contribution < -0.4 is 0 Å². The maximum absolute atomic E-state index is 8.61. The first-order valence-electron chi connectivity index (χ1n) is 9.70. The molecule has 1 aliphatic heterocycles. The number of allylic oxidation sites excluding steroid dienone is 1. The van der Waals surface area contributed by atoms with Crippen LogP contribution in [0.3, 0.4) is 0 Å². The van der Waals surface area contributed by atoms with Gasteiger partial charge in [0.25, 0.3) is 0 Å². The van der Waals surface area contributed by atoms with Crippen molar-refractivity contribution < 1.29 is 25.1 Å². The predicted octanol–water partition coefficient (Wildman–Crippen LogP) is 4.72. The summed E-state index contributed by atoms with van der Waals surface area (Å²) in [7, 11) is 0. The molecule has 2 atom stereocenters. The van der Waals surface area contributed by atoms with Crippen LogP contribution in [-0.2, 0) is 9.62 Å². The van der Waals surface area contributed by atoms with Crippen molar-refractivity contribution in [3.8, 4) is 0 Å². The highest BCUT2D eigenvalue weighted by Gasteiger charge is 2.36. The summed E-state index contributed by atoms with van der Waals surface area (Å²) >= 11 is 0. The summed E-state index contributed by atoms with van der Waals surface area (Å²) in [6, 6.07) is 0. The van der Waals surface area contributed by atoms with Crippen LogP contribution in [0.15, 0.2) is 12.2 Å². The number of epoxide rings is 1. The molecule has 152 valence electrons. The fraction of sp³-hybridized carbons (Fsp3) is 0.900. The molecule has 1 unspecified atom stereocenters. The van der Waals surface area contributed by atoms with Crippen LogP contribution in [0.2, 0.25) is 0 Å². The Morgan fingerprint density at radius 3 is 1.88 bits per heavy atom. The lowest BCUT2D eigenvalue weighted by Crippen LogP contribution is -2.15. The molecule has 0 aliphatic carbocycles. The second-order valence-corrected chi connectivity index (χ2v) is 7.24. The molecular weight excluding hydrogens is 320 g/mol. The first kappa shape index (κ1) is 26.8. The van der Waals surface area contributed by atoms with Crippen LogP contribution in [-0.4, -0.2) is 46.5 Å². The average Bonchev–Trinajstić information content (AvgIpc) is 3.34. The Kier molecular flexibility index (Phi) is 19.6. The number of unbranched alkanes of at least 4 members (excludes halogenated alkanes) is 5. The third-order valence-corrected chi connectivity index (χ3v) is 3.48. The van der Waals surface area contributed by atoms with Crippen molar-refractivity contribution in [1.29, 1.82) is 0 Å². The molecule has 0 saturated carbocycles. The van der Waals surface area contributed by atoms with E-state index in [1.54, 1.807) is 26.8 Å². The summed E-state index contributed by atoms with van der Waals surface area (Å²) in [5.41, 5.74) is -0.403. The van der Waals surface area contributed by atoms with Crippen LogP contribution in [0.1, 0.15) is 86.0 Å². The zero-order chi connectivity index (χ0) is 19.6. The molecule has 0 spiro atoms. The number of hydrogen-bond acceptors (Lipinski definition) is 5. The Hall–Kier alpha value is -0.460. The van der Waals surface area contributed by atoms with Gasteiger partial charge in [0.1, 0.15) is 6.10 Å². The highest BCUT2D eigenvalue weighted by molar-refractivity contribution is 4.83. The van der Waals surface area contributed by atoms with Crippen LogP contribution in [0.4, 0.5) is 0 Å². The van der Waals surface area contributed by atoms with Gasteiger partial charge in [-0.05, 0) is 40.0 Å². The van der Waals surface area contributed by atoms with Gasteiger partial charge in [0, 0.05) is 0 Å². The van der Waals surface area contributed by atoms with Crippen molar-refractivity contribution in [2.45, 2.75) is 104 Å². The topological polar surface area (TPSA) is 82.5 Å². The zero-order valence-corrected chi connectivity index (χ0v) is 17.0. The smallest absolute Gasteiger partial charge is 0.107 e. The quantitative estimate of drug-likeness (QED) is 0.172. The van der Waals surface area contributed by atoms with Gasteiger partial charge >= 0.3 is 0 Å². The van der Waals surface area contributed by atoms with E-state index in [-0.39, 0.29) is 19.3 Å². The minimum absolute atomic E-state index is 0.178. The van der Waals surface area contributed by atoms with E-state index < -0.39 is 5.60 Å². The molecule has 0 amide bonds. The van der Waals surface area contributed by atoms with E-state index in [0.29, 0.717) is 6.10 Å². The van der Waals surface area contributed by atoms with Gasteiger partial charge in [0.2, 0.25) is 0 Å². The fourth-order valence-corrected chi connectivity index (χ4v) is 1.89. The normalized spacial score (nSPS) is 19.0. The number of aliphatic hydroxyl groups excluding tert-OH is 2. The molecule has 0 radical (unpaired) electrons. The third-order valence-electron chi connectivity index (χ3n) is 3.48. The molecule has 0 aromatic carbocycles. The maximum atomic E-state index is 8.61. The molecule has 25 heavy (non-hydrogen) atoms. The Bertz CT molecular complexity index is 286. The van der Waals surface area contributed by atoms with Gasteiger partial charge in [-0.1, -0.05) is 58.1 Å². The van der Waals surface area contributed by atoms with Crippen molar-refractivity contribution in [2.75, 3.05) is 13.2 Å². The Morgan fingerprint density at radius 2 is 1.48 bits per heavy atom. The van der Waals surface area contributed by atoms with E-state index in [0.717, 1.165) is 12.8 Å². The second-order valence-electron chi connectivity index (χ2n) is 7.24. The lowest BCUT2D eigenvalue weighted by atomic mass is 10.1. The molecule has 0 aromatic rings. The number of aliphatic hydroxyl groups is 2. The van der Waals surface area contributed by atoms with Crippen molar-refractivity contribution in [3.05, 3.63) is 12.2 Å². The Morgan fingerprint density at radius 1 is 0.920 bits per heavy atom. The monoisotopic (exact) mass is 362 g/mol. The van der Waals surface area contributed by atoms with E-state index in [9.17, 15) is 0 Å². The standard InChI is InChI=1S/C8H16O2.C8H16O.C4H10O2/c1-2-3-4-5-7-8(6-9)10-7;1-2-3-4-5-6-7-8-9;1-4(2,3)6-5/h7-9H,2-6H2,1H3;6-7,9H,2-5,8H2,1H3;5H,1-3H3/b;7-6-;/t7?,8-;;/m1../s1. The van der Waals surface area contributed by atoms with E-state index in [1.807, 2.05) is 6.08 Å². The lowest BCUT2D eigenvalue weighted by Gasteiger charge is -2.10. The minimum atomic E-state index is -0.403. The number of ether oxygens (including phenoxy) is 1. The van der Waals surface area contributed by atoms with Crippen molar-refractivity contribution >= 4 is 0 Å². The lowest BCUT2D eigenvalue weighted by molar-refractivity contribution is -0.306. The number of hydrogen-bond donors (Lipinski definition) is 3. The van der Waals surface area contributed by atoms with Gasteiger partial charge in [-0.25, -0.2) is 4.89 Å². The molecule has 1 heterocycles. The van der Waals surface area contributed by atoms with Crippen molar-refractivity contribution in [2.24, 2.45) is 0 Å². The van der Waals surface area contributed by atoms with Crippen molar-refractivity contribution in [1.82, 2.24) is 0 Å². The molecule has 1 aliphatic rings. The molecule has 0 aromatic heterocycles. The Balaban J connectivity index is 0. The van der Waals surface area contributed by atoms with Gasteiger partial charge in [-0.15, -0.1) is 0 Å². The summed E-state index contributed by atoms with van der Waals surface area (Å²) < 4.78 is 5.16. The van der Waals surface area contributed by atoms with Gasteiger partial charge in [-0.2, -0.15) is 0 Å². The molecule has 1 saturated heterocycles. The summed E-state index contributed by atoms with van der Waals surface area (Å²) in [5, 5.41) is 24.8. The number of rotatable bonds is 10. The molecule has 5 heteroatoms. The van der Waals surface area contributed by atoms with E-state index in [4.69, 9.17) is 20.2 Å². The van der Waals surface area contributed by atoms with Gasteiger partial charge < -0.3 is 14.9 Å². The highest BCUT2D eigenvalue weighted by atomic mass is 17.1. The summed E-state index contributed by atoms with van der Waals surface area (Å²) in [6.45, 7) is 10.1. The van der Waals surface area contributed by atoms with Crippen LogP contribution in [0.25, 0.3) is 0 Å². The first-order chi connectivity index (χ1) is 11.9. The van der Waals surface area contributed by atoms with E-state index in [2.05, 4.69) is 18.7 Å². The molecular formula is C20H42O5.